The topological polar surface area (TPSA) is 21.3 Å². The Morgan fingerprint density at radius 3 is 2.74 bits per heavy atom. The first-order valence-electron chi connectivity index (χ1n) is 6.72. The molecule has 0 fully saturated rings. The lowest BCUT2D eigenvalue weighted by Crippen LogP contribution is -2.22. The highest BCUT2D eigenvalue weighted by Gasteiger charge is 2.04. The Hall–Kier alpha value is -1.32. The molecule has 1 N–H and O–H groups in total. The van der Waals surface area contributed by atoms with Crippen molar-refractivity contribution in [2.24, 2.45) is 0 Å². The molecule has 0 aliphatic carbocycles. The van der Waals surface area contributed by atoms with E-state index in [0.717, 1.165) is 25.3 Å². The van der Waals surface area contributed by atoms with Crippen molar-refractivity contribution in [1.29, 1.82) is 0 Å². The SMILES string of the molecule is CC(C)NCc1ccccc1OCCc1cccs1. The van der Waals surface area contributed by atoms with Crippen LogP contribution in [0, 0.1) is 0 Å². The molecule has 1 heterocycles. The highest BCUT2D eigenvalue weighted by molar-refractivity contribution is 7.09. The van der Waals surface area contributed by atoms with Gasteiger partial charge in [-0.15, -0.1) is 11.3 Å². The molecule has 2 nitrogen and oxygen atoms in total. The van der Waals surface area contributed by atoms with Crippen LogP contribution in [0.3, 0.4) is 0 Å². The molecule has 2 aromatic rings. The Bertz CT molecular complexity index is 479. The fourth-order valence-corrected chi connectivity index (χ4v) is 2.51. The van der Waals surface area contributed by atoms with Gasteiger partial charge in [0.2, 0.25) is 0 Å². The van der Waals surface area contributed by atoms with Gasteiger partial charge < -0.3 is 10.1 Å². The van der Waals surface area contributed by atoms with Crippen LogP contribution >= 0.6 is 11.3 Å². The Balaban J connectivity index is 1.88. The molecular formula is C16H21NOS. The van der Waals surface area contributed by atoms with Crippen LogP contribution in [0.5, 0.6) is 5.75 Å². The van der Waals surface area contributed by atoms with Gasteiger partial charge in [0, 0.05) is 29.4 Å². The maximum absolute atomic E-state index is 5.91. The Labute approximate surface area is 119 Å². The highest BCUT2D eigenvalue weighted by Crippen LogP contribution is 2.18. The Morgan fingerprint density at radius 2 is 2.00 bits per heavy atom. The van der Waals surface area contributed by atoms with Crippen molar-refractivity contribution in [1.82, 2.24) is 5.32 Å². The lowest BCUT2D eigenvalue weighted by molar-refractivity contribution is 0.318. The van der Waals surface area contributed by atoms with E-state index in [1.54, 1.807) is 11.3 Å². The molecule has 0 unspecified atom stereocenters. The average molecular weight is 275 g/mol. The fourth-order valence-electron chi connectivity index (χ4n) is 1.82. The first-order valence-corrected chi connectivity index (χ1v) is 7.60. The third-order valence-corrected chi connectivity index (χ3v) is 3.80. The van der Waals surface area contributed by atoms with Gasteiger partial charge in [-0.3, -0.25) is 0 Å². The van der Waals surface area contributed by atoms with E-state index in [2.05, 4.69) is 48.8 Å². The first kappa shape index (κ1) is 14.1. The van der Waals surface area contributed by atoms with E-state index in [0.29, 0.717) is 6.04 Å². The molecule has 0 saturated heterocycles. The van der Waals surface area contributed by atoms with Crippen molar-refractivity contribution in [3.05, 3.63) is 52.2 Å². The van der Waals surface area contributed by atoms with Gasteiger partial charge in [0.1, 0.15) is 5.75 Å². The zero-order chi connectivity index (χ0) is 13.5. The first-order chi connectivity index (χ1) is 9.25. The zero-order valence-electron chi connectivity index (χ0n) is 11.6. The fraction of sp³-hybridized carbons (Fsp3) is 0.375. The number of rotatable bonds is 7. The molecule has 3 heteroatoms. The van der Waals surface area contributed by atoms with Crippen LogP contribution in [0.1, 0.15) is 24.3 Å². The molecule has 102 valence electrons. The maximum Gasteiger partial charge on any atom is 0.123 e. The second-order valence-corrected chi connectivity index (χ2v) is 5.85. The predicted octanol–water partition coefficient (Wildman–Crippen LogP) is 3.87. The van der Waals surface area contributed by atoms with Crippen LogP contribution in [0.25, 0.3) is 0 Å². The van der Waals surface area contributed by atoms with Crippen molar-refractivity contribution < 1.29 is 4.74 Å². The van der Waals surface area contributed by atoms with Gasteiger partial charge in [-0.05, 0) is 17.5 Å². The summed E-state index contributed by atoms with van der Waals surface area (Å²) in [7, 11) is 0. The molecule has 2 rings (SSSR count). The zero-order valence-corrected chi connectivity index (χ0v) is 12.4. The summed E-state index contributed by atoms with van der Waals surface area (Å²) in [6, 6.07) is 13.0. The molecule has 0 aliphatic heterocycles. The van der Waals surface area contributed by atoms with E-state index in [-0.39, 0.29) is 0 Å². The van der Waals surface area contributed by atoms with Gasteiger partial charge in [0.15, 0.2) is 0 Å². The van der Waals surface area contributed by atoms with Crippen molar-refractivity contribution in [2.45, 2.75) is 32.9 Å². The summed E-state index contributed by atoms with van der Waals surface area (Å²) in [5, 5.41) is 5.54. The lowest BCUT2D eigenvalue weighted by atomic mass is 10.2. The molecule has 0 aliphatic rings. The number of hydrogen-bond donors (Lipinski definition) is 1. The summed E-state index contributed by atoms with van der Waals surface area (Å²) in [6.07, 6.45) is 0.976. The monoisotopic (exact) mass is 275 g/mol. The molecule has 19 heavy (non-hydrogen) atoms. The van der Waals surface area contributed by atoms with E-state index in [9.17, 15) is 0 Å². The summed E-state index contributed by atoms with van der Waals surface area (Å²) in [4.78, 5) is 1.37. The predicted molar refractivity (Wildman–Crippen MR) is 81.9 cm³/mol. The van der Waals surface area contributed by atoms with Crippen LogP contribution in [0.15, 0.2) is 41.8 Å². The summed E-state index contributed by atoms with van der Waals surface area (Å²) in [5.74, 6) is 0.993. The van der Waals surface area contributed by atoms with E-state index < -0.39 is 0 Å². The van der Waals surface area contributed by atoms with Crippen LogP contribution in [-0.2, 0) is 13.0 Å². The highest BCUT2D eigenvalue weighted by atomic mass is 32.1. The van der Waals surface area contributed by atoms with E-state index in [1.807, 2.05) is 12.1 Å². The van der Waals surface area contributed by atoms with Crippen LogP contribution in [0.2, 0.25) is 0 Å². The minimum absolute atomic E-state index is 0.485. The lowest BCUT2D eigenvalue weighted by Gasteiger charge is -2.13. The second-order valence-electron chi connectivity index (χ2n) is 4.82. The minimum Gasteiger partial charge on any atom is -0.493 e. The Kier molecular flexibility index (Phi) is 5.43. The summed E-state index contributed by atoms with van der Waals surface area (Å²) in [5.41, 5.74) is 1.22. The molecule has 0 bridgehead atoms. The van der Waals surface area contributed by atoms with E-state index in [4.69, 9.17) is 4.74 Å². The number of hydrogen-bond acceptors (Lipinski definition) is 3. The smallest absolute Gasteiger partial charge is 0.123 e. The standard InChI is InChI=1S/C16H21NOS/c1-13(2)17-12-14-6-3-4-8-16(14)18-10-9-15-7-5-11-19-15/h3-8,11,13,17H,9-10,12H2,1-2H3. The van der Waals surface area contributed by atoms with Crippen molar-refractivity contribution in [3.8, 4) is 5.75 Å². The van der Waals surface area contributed by atoms with Crippen LogP contribution < -0.4 is 10.1 Å². The van der Waals surface area contributed by atoms with Gasteiger partial charge in [-0.2, -0.15) is 0 Å². The molecule has 0 atom stereocenters. The number of ether oxygens (including phenoxy) is 1. The molecule has 0 saturated carbocycles. The van der Waals surface area contributed by atoms with Gasteiger partial charge >= 0.3 is 0 Å². The van der Waals surface area contributed by atoms with Gasteiger partial charge in [-0.1, -0.05) is 38.1 Å². The largest absolute Gasteiger partial charge is 0.493 e. The second kappa shape index (κ2) is 7.31. The molecular weight excluding hydrogens is 254 g/mol. The van der Waals surface area contributed by atoms with Crippen molar-refractivity contribution in [2.75, 3.05) is 6.61 Å². The third-order valence-electron chi connectivity index (χ3n) is 2.86. The number of benzene rings is 1. The molecule has 0 radical (unpaired) electrons. The number of nitrogens with one attached hydrogen (secondary N) is 1. The van der Waals surface area contributed by atoms with E-state index >= 15 is 0 Å². The van der Waals surface area contributed by atoms with Gasteiger partial charge in [0.05, 0.1) is 6.61 Å². The molecule has 0 spiro atoms. The van der Waals surface area contributed by atoms with Gasteiger partial charge in [-0.25, -0.2) is 0 Å². The van der Waals surface area contributed by atoms with Gasteiger partial charge in [0.25, 0.3) is 0 Å². The van der Waals surface area contributed by atoms with Crippen LogP contribution in [-0.4, -0.2) is 12.6 Å². The van der Waals surface area contributed by atoms with Crippen molar-refractivity contribution >= 4 is 11.3 Å². The molecule has 0 amide bonds. The quantitative estimate of drug-likeness (QED) is 0.828. The number of para-hydroxylation sites is 1. The summed E-state index contributed by atoms with van der Waals surface area (Å²) < 4.78 is 5.91. The number of thiophene rings is 1. The summed E-state index contributed by atoms with van der Waals surface area (Å²) >= 11 is 1.78. The van der Waals surface area contributed by atoms with Crippen molar-refractivity contribution in [3.63, 3.8) is 0 Å². The third kappa shape index (κ3) is 4.69. The normalized spacial score (nSPS) is 10.9. The average Bonchev–Trinajstić information content (AvgIpc) is 2.91. The van der Waals surface area contributed by atoms with E-state index in [1.165, 1.54) is 10.4 Å². The maximum atomic E-state index is 5.91. The molecule has 1 aromatic heterocycles. The Morgan fingerprint density at radius 1 is 1.16 bits per heavy atom. The summed E-state index contributed by atoms with van der Waals surface area (Å²) in [6.45, 7) is 5.90. The van der Waals surface area contributed by atoms with Crippen LogP contribution in [0.4, 0.5) is 0 Å². The minimum atomic E-state index is 0.485. The molecule has 1 aromatic carbocycles.